The van der Waals surface area contributed by atoms with Gasteiger partial charge in [-0.25, -0.2) is 0 Å². The van der Waals surface area contributed by atoms with Crippen LogP contribution in [0.1, 0.15) is 32.1 Å². The summed E-state index contributed by atoms with van der Waals surface area (Å²) < 4.78 is 17.7. The van der Waals surface area contributed by atoms with Crippen LogP contribution in [0.5, 0.6) is 0 Å². The Labute approximate surface area is 79.5 Å². The monoisotopic (exact) mass is 200 g/mol. The highest BCUT2D eigenvalue weighted by atomic mass is 31.2. The van der Waals surface area contributed by atoms with Crippen LogP contribution in [0.3, 0.4) is 0 Å². The molecule has 3 heteroatoms. The molecule has 3 aliphatic rings. The van der Waals surface area contributed by atoms with Gasteiger partial charge in [0.05, 0.1) is 0 Å². The third kappa shape index (κ3) is 0.915. The van der Waals surface area contributed by atoms with Gasteiger partial charge >= 0.3 is 0 Å². The molecule has 2 aliphatic carbocycles. The number of hydrogen-bond donors (Lipinski definition) is 0. The normalized spacial score (nSPS) is 58.5. The molecule has 2 saturated carbocycles. The summed E-state index contributed by atoms with van der Waals surface area (Å²) in [5.41, 5.74) is 0.952. The van der Waals surface area contributed by atoms with Crippen LogP contribution in [-0.4, -0.2) is 18.9 Å². The van der Waals surface area contributed by atoms with Crippen molar-refractivity contribution in [3.63, 3.8) is 0 Å². The van der Waals surface area contributed by atoms with Gasteiger partial charge in [0.25, 0.3) is 0 Å². The van der Waals surface area contributed by atoms with Crippen molar-refractivity contribution in [1.82, 2.24) is 0 Å². The molecule has 3 fully saturated rings. The van der Waals surface area contributed by atoms with Gasteiger partial charge in [0.1, 0.15) is 0 Å². The fourth-order valence-corrected chi connectivity index (χ4v) is 7.40. The molecular formula is C10H17O2P. The summed E-state index contributed by atoms with van der Waals surface area (Å²) in [7, 11) is -0.551. The zero-order valence-corrected chi connectivity index (χ0v) is 9.06. The molecule has 0 bridgehead atoms. The van der Waals surface area contributed by atoms with E-state index in [-0.39, 0.29) is 0 Å². The van der Waals surface area contributed by atoms with Crippen LogP contribution in [0.4, 0.5) is 0 Å². The molecule has 0 aromatic rings. The lowest BCUT2D eigenvalue weighted by Crippen LogP contribution is -2.24. The van der Waals surface area contributed by atoms with Crippen molar-refractivity contribution in [3.8, 4) is 0 Å². The molecule has 2 nitrogen and oxygen atoms in total. The first-order valence-electron chi connectivity index (χ1n) is 5.36. The van der Waals surface area contributed by atoms with Gasteiger partial charge in [-0.3, -0.25) is 4.57 Å². The summed E-state index contributed by atoms with van der Waals surface area (Å²) in [6, 6.07) is 0. The maximum absolute atomic E-state index is 12.4. The van der Waals surface area contributed by atoms with Gasteiger partial charge in [0.2, 0.25) is 7.37 Å². The molecule has 0 N–H and O–H groups in total. The van der Waals surface area contributed by atoms with Crippen LogP contribution in [-0.2, 0) is 9.09 Å². The molecule has 4 atom stereocenters. The van der Waals surface area contributed by atoms with Crippen LogP contribution < -0.4 is 0 Å². The summed E-state index contributed by atoms with van der Waals surface area (Å²) in [5.74, 6) is 0.767. The molecule has 74 valence electrons. The van der Waals surface area contributed by atoms with Gasteiger partial charge in [0.15, 0.2) is 0 Å². The molecule has 0 amide bonds. The van der Waals surface area contributed by atoms with E-state index in [1.165, 1.54) is 32.1 Å². The third-order valence-corrected chi connectivity index (χ3v) is 7.86. The SMILES string of the molecule is COP1(=O)CC2CC23CCCCC31. The first-order chi connectivity index (χ1) is 6.21. The summed E-state index contributed by atoms with van der Waals surface area (Å²) in [6.45, 7) is 0. The highest BCUT2D eigenvalue weighted by Gasteiger charge is 2.70. The molecule has 1 heterocycles. The van der Waals surface area contributed by atoms with E-state index >= 15 is 0 Å². The maximum Gasteiger partial charge on any atom is 0.206 e. The Morgan fingerprint density at radius 2 is 2.31 bits per heavy atom. The van der Waals surface area contributed by atoms with Crippen molar-refractivity contribution in [2.24, 2.45) is 11.3 Å². The lowest BCUT2D eigenvalue weighted by molar-refractivity contribution is 0.307. The van der Waals surface area contributed by atoms with Crippen LogP contribution in [0.2, 0.25) is 0 Å². The summed E-state index contributed by atoms with van der Waals surface area (Å²) >= 11 is 0. The smallest absolute Gasteiger partial charge is 0.206 e. The van der Waals surface area contributed by atoms with Gasteiger partial charge in [-0.15, -0.1) is 0 Å². The molecule has 0 radical (unpaired) electrons. The Hall–Kier alpha value is 0.190. The van der Waals surface area contributed by atoms with Crippen molar-refractivity contribution in [2.75, 3.05) is 13.3 Å². The highest BCUT2D eigenvalue weighted by molar-refractivity contribution is 7.60. The predicted molar refractivity (Wildman–Crippen MR) is 52.3 cm³/mol. The van der Waals surface area contributed by atoms with Crippen LogP contribution in [0, 0.1) is 11.3 Å². The van der Waals surface area contributed by atoms with Gasteiger partial charge in [-0.1, -0.05) is 12.8 Å². The first kappa shape index (κ1) is 8.49. The zero-order chi connectivity index (χ0) is 9.10. The molecule has 3 rings (SSSR count). The molecule has 1 saturated heterocycles. The quantitative estimate of drug-likeness (QED) is 0.608. The third-order valence-electron chi connectivity index (χ3n) is 4.57. The molecular weight excluding hydrogens is 183 g/mol. The van der Waals surface area contributed by atoms with Crippen LogP contribution >= 0.6 is 7.37 Å². The Bertz CT molecular complexity index is 289. The summed E-state index contributed by atoms with van der Waals surface area (Å²) in [4.78, 5) is 0. The Kier molecular flexibility index (Phi) is 1.57. The van der Waals surface area contributed by atoms with E-state index < -0.39 is 7.37 Å². The van der Waals surface area contributed by atoms with E-state index in [4.69, 9.17) is 4.52 Å². The second-order valence-electron chi connectivity index (χ2n) is 4.99. The lowest BCUT2D eigenvalue weighted by Gasteiger charge is -2.31. The topological polar surface area (TPSA) is 26.3 Å². The Morgan fingerprint density at radius 3 is 3.08 bits per heavy atom. The minimum Gasteiger partial charge on any atom is -0.332 e. The van der Waals surface area contributed by atoms with Crippen molar-refractivity contribution >= 4 is 7.37 Å². The molecule has 1 aliphatic heterocycles. The van der Waals surface area contributed by atoms with Gasteiger partial charge in [0, 0.05) is 18.9 Å². The second-order valence-corrected chi connectivity index (χ2v) is 7.79. The number of rotatable bonds is 1. The second kappa shape index (κ2) is 2.41. The van der Waals surface area contributed by atoms with E-state index in [1.54, 1.807) is 7.11 Å². The fraction of sp³-hybridized carbons (Fsp3) is 1.00. The molecule has 13 heavy (non-hydrogen) atoms. The van der Waals surface area contributed by atoms with E-state index in [2.05, 4.69) is 0 Å². The molecule has 0 aromatic heterocycles. The highest BCUT2D eigenvalue weighted by Crippen LogP contribution is 2.81. The molecule has 4 unspecified atom stereocenters. The van der Waals surface area contributed by atoms with Crippen molar-refractivity contribution in [3.05, 3.63) is 0 Å². The summed E-state index contributed by atoms with van der Waals surface area (Å²) in [5, 5.41) is 0. The van der Waals surface area contributed by atoms with Crippen molar-refractivity contribution < 1.29 is 9.09 Å². The van der Waals surface area contributed by atoms with Crippen molar-refractivity contribution in [2.45, 2.75) is 37.8 Å². The van der Waals surface area contributed by atoms with E-state index in [0.717, 1.165) is 12.1 Å². The predicted octanol–water partition coefficient (Wildman–Crippen LogP) is 2.87. The lowest BCUT2D eigenvalue weighted by atomic mass is 9.84. The zero-order valence-electron chi connectivity index (χ0n) is 8.16. The number of hydrogen-bond acceptors (Lipinski definition) is 2. The van der Waals surface area contributed by atoms with E-state index in [9.17, 15) is 4.57 Å². The standard InChI is InChI=1S/C10H17O2P/c1-12-13(11)7-8-6-10(8)5-3-2-4-9(10)13/h8-9H,2-7H2,1H3. The first-order valence-corrected chi connectivity index (χ1v) is 7.24. The van der Waals surface area contributed by atoms with E-state index in [0.29, 0.717) is 11.1 Å². The molecule has 0 aromatic carbocycles. The minimum absolute atomic E-state index is 0.448. The minimum atomic E-state index is -2.20. The molecule has 1 spiro atoms. The van der Waals surface area contributed by atoms with Gasteiger partial charge < -0.3 is 4.52 Å². The Balaban J connectivity index is 1.96. The van der Waals surface area contributed by atoms with Gasteiger partial charge in [-0.2, -0.15) is 0 Å². The van der Waals surface area contributed by atoms with E-state index in [1.807, 2.05) is 0 Å². The summed E-state index contributed by atoms with van der Waals surface area (Å²) in [6.07, 6.45) is 7.37. The average Bonchev–Trinajstić information content (AvgIpc) is 2.72. The van der Waals surface area contributed by atoms with Crippen LogP contribution in [0.15, 0.2) is 0 Å². The fourth-order valence-electron chi connectivity index (χ4n) is 3.83. The van der Waals surface area contributed by atoms with Crippen LogP contribution in [0.25, 0.3) is 0 Å². The largest absolute Gasteiger partial charge is 0.332 e. The Morgan fingerprint density at radius 1 is 1.46 bits per heavy atom. The van der Waals surface area contributed by atoms with Gasteiger partial charge in [-0.05, 0) is 30.6 Å². The maximum atomic E-state index is 12.4. The van der Waals surface area contributed by atoms with Crippen molar-refractivity contribution in [1.29, 1.82) is 0 Å². The average molecular weight is 200 g/mol.